The summed E-state index contributed by atoms with van der Waals surface area (Å²) in [6.45, 7) is 1.41. The van der Waals surface area contributed by atoms with Gasteiger partial charge in [-0.15, -0.1) is 53.1 Å². The SMILES string of the molecule is [2H]C([2H])([2H])c1c[c-]c(-c2ccc(C([2H])([2H])[2H])cn2)cc1.[2H]C([2H])(c1ccnc(-c2[c-]cc3oc4cccc5sc2c3c45)c1)C(C)(C)C.[Ir]. The summed E-state index contributed by atoms with van der Waals surface area (Å²) in [5, 5.41) is 2.27. The molecule has 3 nitrogen and oxygen atoms in total. The molecular weight excluding hydrogens is 689 g/mol. The summed E-state index contributed by atoms with van der Waals surface area (Å²) in [6, 6.07) is 25.4. The summed E-state index contributed by atoms with van der Waals surface area (Å²) < 4.78 is 69.0. The first-order valence-electron chi connectivity index (χ1n) is 16.5. The van der Waals surface area contributed by atoms with E-state index in [0.717, 1.165) is 37.9 Å². The molecule has 0 spiro atoms. The van der Waals surface area contributed by atoms with Gasteiger partial charge in [0.25, 0.3) is 0 Å². The number of hydrogen-bond acceptors (Lipinski definition) is 4. The van der Waals surface area contributed by atoms with E-state index in [0.29, 0.717) is 16.8 Å². The Morgan fingerprint density at radius 3 is 2.48 bits per heavy atom. The number of furan rings is 1. The molecule has 0 atom stereocenters. The predicted molar refractivity (Wildman–Crippen MR) is 163 cm³/mol. The van der Waals surface area contributed by atoms with Gasteiger partial charge in [-0.2, -0.15) is 11.3 Å². The fourth-order valence-electron chi connectivity index (χ4n) is 4.49. The second-order valence-electron chi connectivity index (χ2n) is 10.3. The van der Waals surface area contributed by atoms with Crippen molar-refractivity contribution in [1.29, 1.82) is 0 Å². The quantitative estimate of drug-likeness (QED) is 0.170. The number of benzene rings is 3. The van der Waals surface area contributed by atoms with Crippen LogP contribution >= 0.6 is 11.3 Å². The van der Waals surface area contributed by atoms with Crippen molar-refractivity contribution in [2.45, 2.75) is 40.8 Å². The Morgan fingerprint density at radius 2 is 1.75 bits per heavy atom. The molecule has 0 aliphatic heterocycles. The maximum Gasteiger partial charge on any atom is 0.122 e. The van der Waals surface area contributed by atoms with Crippen molar-refractivity contribution in [1.82, 2.24) is 9.97 Å². The van der Waals surface area contributed by atoms with E-state index < -0.39 is 25.5 Å². The summed E-state index contributed by atoms with van der Waals surface area (Å²) >= 11 is 1.71. The van der Waals surface area contributed by atoms with E-state index in [-0.39, 0.29) is 31.2 Å². The van der Waals surface area contributed by atoms with Gasteiger partial charge in [0.1, 0.15) is 5.58 Å². The van der Waals surface area contributed by atoms with E-state index in [1.165, 1.54) is 29.1 Å². The van der Waals surface area contributed by atoms with E-state index >= 15 is 0 Å². The number of aromatic nitrogens is 2. The third-order valence-electron chi connectivity index (χ3n) is 6.11. The molecule has 40 heavy (non-hydrogen) atoms. The molecule has 3 aromatic carbocycles. The van der Waals surface area contributed by atoms with E-state index in [4.69, 9.17) is 15.4 Å². The number of pyridine rings is 2. The van der Waals surface area contributed by atoms with Crippen molar-refractivity contribution in [3.63, 3.8) is 0 Å². The van der Waals surface area contributed by atoms with Gasteiger partial charge < -0.3 is 14.4 Å². The van der Waals surface area contributed by atoms with Crippen LogP contribution in [0.5, 0.6) is 0 Å². The van der Waals surface area contributed by atoms with Gasteiger partial charge in [0.05, 0.1) is 5.58 Å². The smallest absolute Gasteiger partial charge is 0.122 e. The molecular formula is C35H30IrN2OS-2. The monoisotopic (exact) mass is 727 g/mol. The molecule has 0 bridgehead atoms. The second-order valence-corrected chi connectivity index (χ2v) is 11.3. The molecule has 0 fully saturated rings. The van der Waals surface area contributed by atoms with Gasteiger partial charge in [-0.05, 0) is 63.9 Å². The van der Waals surface area contributed by atoms with Gasteiger partial charge in [0.2, 0.25) is 0 Å². The maximum atomic E-state index is 8.58. The summed E-state index contributed by atoms with van der Waals surface area (Å²) in [7, 11) is 0. The molecule has 0 unspecified atom stereocenters. The minimum Gasteiger partial charge on any atom is -0.500 e. The van der Waals surface area contributed by atoms with E-state index in [1.807, 2.05) is 45.0 Å². The first-order chi connectivity index (χ1) is 21.9. The third kappa shape index (κ3) is 5.74. The van der Waals surface area contributed by atoms with Gasteiger partial charge >= 0.3 is 0 Å². The Bertz CT molecular complexity index is 2120. The summed E-state index contributed by atoms with van der Waals surface area (Å²) in [5.41, 5.74) is 5.04. The van der Waals surface area contributed by atoms with Gasteiger partial charge in [-0.1, -0.05) is 57.5 Å². The molecule has 4 aromatic heterocycles. The zero-order valence-electron chi connectivity index (χ0n) is 30.0. The molecule has 0 amide bonds. The predicted octanol–water partition coefficient (Wildman–Crippen LogP) is 9.85. The van der Waals surface area contributed by atoms with Crippen LogP contribution in [0, 0.1) is 31.3 Å². The Labute approximate surface area is 264 Å². The van der Waals surface area contributed by atoms with Crippen LogP contribution in [0.15, 0.2) is 83.5 Å². The summed E-state index contributed by atoms with van der Waals surface area (Å²) in [5.74, 6) is 0. The van der Waals surface area contributed by atoms with Crippen LogP contribution in [0.2, 0.25) is 0 Å². The first-order valence-corrected chi connectivity index (χ1v) is 13.3. The van der Waals surface area contributed by atoms with Crippen molar-refractivity contribution in [2.75, 3.05) is 0 Å². The van der Waals surface area contributed by atoms with Crippen molar-refractivity contribution >= 4 is 42.7 Å². The molecule has 203 valence electrons. The van der Waals surface area contributed by atoms with Gasteiger partial charge in [-0.3, -0.25) is 0 Å². The second kappa shape index (κ2) is 11.2. The summed E-state index contributed by atoms with van der Waals surface area (Å²) in [4.78, 5) is 8.62. The Morgan fingerprint density at radius 1 is 0.900 bits per heavy atom. The molecule has 7 rings (SSSR count). The minimum atomic E-state index is -2.18. The molecule has 0 N–H and O–H groups in total. The Hall–Kier alpha value is -3.37. The number of hydrogen-bond donors (Lipinski definition) is 0. The molecule has 0 saturated carbocycles. The number of thiophene rings is 1. The summed E-state index contributed by atoms with van der Waals surface area (Å²) in [6.07, 6.45) is 1.53. The molecule has 7 aromatic rings. The van der Waals surface area contributed by atoms with Crippen molar-refractivity contribution in [3.05, 3.63) is 108 Å². The Kier molecular flexibility index (Phi) is 5.53. The minimum absolute atomic E-state index is 0. The fourth-order valence-corrected chi connectivity index (χ4v) is 5.73. The molecule has 5 heteroatoms. The van der Waals surface area contributed by atoms with Crippen LogP contribution in [-0.4, -0.2) is 9.97 Å². The standard InChI is InChI=1S/C22H18NOS.C13H12N.Ir/c1-22(2,3)12-13-9-10-23-15(11-13)14-7-8-17-20-19-16(24-17)5-4-6-18(19)25-21(14)20;1-10-3-6-12(7-4-10)13-8-5-11(2)9-14-13;/h4-6,8-11H,12H2,1-3H3;3-6,8-9H,1-2H3;/q2*-1;/i12D2;1D3,2D3;. The first kappa shape index (κ1) is 19.7. The van der Waals surface area contributed by atoms with Crippen molar-refractivity contribution < 1.29 is 35.5 Å². The van der Waals surface area contributed by atoms with Crippen molar-refractivity contribution in [2.24, 2.45) is 5.41 Å². The van der Waals surface area contributed by atoms with Crippen LogP contribution in [0.1, 0.15) is 48.4 Å². The van der Waals surface area contributed by atoms with Crippen LogP contribution in [0.3, 0.4) is 0 Å². The zero-order valence-corrected chi connectivity index (χ0v) is 25.3. The molecule has 4 heterocycles. The molecule has 0 saturated heterocycles. The van der Waals surface area contributed by atoms with Gasteiger partial charge in [0.15, 0.2) is 0 Å². The average Bonchev–Trinajstić information content (AvgIpc) is 3.60. The number of rotatable bonds is 3. The largest absolute Gasteiger partial charge is 0.500 e. The van der Waals surface area contributed by atoms with Gasteiger partial charge in [-0.25, -0.2) is 0 Å². The zero-order chi connectivity index (χ0) is 33.9. The van der Waals surface area contributed by atoms with Gasteiger partial charge in [0, 0.05) is 53.6 Å². The topological polar surface area (TPSA) is 38.9 Å². The average molecular weight is 727 g/mol. The van der Waals surface area contributed by atoms with Crippen molar-refractivity contribution in [3.8, 4) is 22.5 Å². The maximum absolute atomic E-state index is 8.58. The van der Waals surface area contributed by atoms with E-state index in [2.05, 4.69) is 28.2 Å². The van der Waals surface area contributed by atoms with Crippen LogP contribution in [-0.2, 0) is 26.5 Å². The molecule has 0 aliphatic rings. The fraction of sp³-hybridized carbons (Fsp3) is 0.200. The normalized spacial score (nSPS) is 15.5. The number of nitrogens with zero attached hydrogens (tertiary/aromatic N) is 2. The van der Waals surface area contributed by atoms with E-state index in [1.54, 1.807) is 35.7 Å². The Balaban J connectivity index is 0.000000193. The van der Waals surface area contributed by atoms with Crippen LogP contribution in [0.25, 0.3) is 53.9 Å². The third-order valence-corrected chi connectivity index (χ3v) is 7.28. The van der Waals surface area contributed by atoms with Crippen LogP contribution < -0.4 is 0 Å². The molecule has 0 aliphatic carbocycles. The van der Waals surface area contributed by atoms with E-state index in [9.17, 15) is 0 Å². The van der Waals surface area contributed by atoms with Crippen LogP contribution in [0.4, 0.5) is 0 Å². The molecule has 1 radical (unpaired) electrons. The number of aryl methyl sites for hydroxylation is 2.